The summed E-state index contributed by atoms with van der Waals surface area (Å²) >= 11 is 0. The van der Waals surface area contributed by atoms with Crippen LogP contribution in [0.2, 0.25) is 0 Å². The fourth-order valence-electron chi connectivity index (χ4n) is 3.12. The first-order valence-corrected chi connectivity index (χ1v) is 10.7. The maximum Gasteiger partial charge on any atom is 0.361 e. The summed E-state index contributed by atoms with van der Waals surface area (Å²) in [4.78, 5) is 11.9. The number of hydrogen-bond acceptors (Lipinski definition) is 3. The number of rotatable bonds is 18. The van der Waals surface area contributed by atoms with Gasteiger partial charge in [0.25, 0.3) is 0 Å². The van der Waals surface area contributed by atoms with Crippen LogP contribution < -0.4 is 5.73 Å². The zero-order valence-electron chi connectivity index (χ0n) is 17.4. The topological polar surface area (TPSA) is 52.3 Å². The van der Waals surface area contributed by atoms with Gasteiger partial charge in [-0.05, 0) is 13.0 Å². The van der Waals surface area contributed by atoms with E-state index in [0.29, 0.717) is 24.2 Å². The lowest BCUT2D eigenvalue weighted by atomic mass is 10.1. The van der Waals surface area contributed by atoms with Gasteiger partial charge in [-0.1, -0.05) is 77.6 Å². The Labute approximate surface area is 157 Å². The molecule has 0 spiro atoms. The predicted octanol–water partition coefficient (Wildman–Crippen LogP) is 4.66. The molecular weight excluding hydrogens is 312 g/mol. The lowest BCUT2D eigenvalue weighted by Gasteiger charge is -2.28. The third-order valence-electron chi connectivity index (χ3n) is 4.79. The molecule has 0 radical (unpaired) electrons. The molecule has 0 fully saturated rings. The molecule has 0 saturated carbocycles. The first-order valence-electron chi connectivity index (χ1n) is 10.7. The molecule has 0 saturated heterocycles. The Bertz CT molecular complexity index is 306. The second-order valence-electron chi connectivity index (χ2n) is 8.07. The van der Waals surface area contributed by atoms with E-state index in [-0.39, 0.29) is 5.97 Å². The molecule has 4 heteroatoms. The number of nitrogens with zero attached hydrogens (tertiary/aromatic N) is 1. The normalized spacial score (nSPS) is 11.7. The number of carbonyl (C=O) groups excluding carboxylic acids is 1. The van der Waals surface area contributed by atoms with Gasteiger partial charge in [0.1, 0.15) is 0 Å². The Kier molecular flexibility index (Phi) is 16.4. The van der Waals surface area contributed by atoms with Crippen LogP contribution in [0.4, 0.5) is 0 Å². The molecular formula is C21H45N2O2+. The summed E-state index contributed by atoms with van der Waals surface area (Å²) in [5.41, 5.74) is 5.53. The zero-order chi connectivity index (χ0) is 18.8. The van der Waals surface area contributed by atoms with Crippen molar-refractivity contribution in [3.05, 3.63) is 0 Å². The summed E-state index contributed by atoms with van der Waals surface area (Å²) in [6, 6.07) is 0. The van der Waals surface area contributed by atoms with Crippen LogP contribution in [0.25, 0.3) is 0 Å². The average molecular weight is 358 g/mol. The van der Waals surface area contributed by atoms with Crippen molar-refractivity contribution in [1.29, 1.82) is 0 Å². The fourth-order valence-corrected chi connectivity index (χ4v) is 3.12. The van der Waals surface area contributed by atoms with Gasteiger partial charge in [0, 0.05) is 6.42 Å². The van der Waals surface area contributed by atoms with Gasteiger partial charge in [-0.15, -0.1) is 0 Å². The van der Waals surface area contributed by atoms with Gasteiger partial charge >= 0.3 is 5.97 Å². The highest BCUT2D eigenvalue weighted by atomic mass is 16.5. The molecule has 0 rings (SSSR count). The van der Waals surface area contributed by atoms with Crippen molar-refractivity contribution >= 4 is 5.97 Å². The van der Waals surface area contributed by atoms with E-state index in [4.69, 9.17) is 10.5 Å². The molecule has 0 heterocycles. The number of likely N-dealkylation sites (N-methyl/N-ethyl adjacent to an activating group) is 1. The summed E-state index contributed by atoms with van der Waals surface area (Å²) in [6.45, 7) is 4.88. The van der Waals surface area contributed by atoms with E-state index in [1.807, 2.05) is 0 Å². The van der Waals surface area contributed by atoms with Crippen molar-refractivity contribution < 1.29 is 14.0 Å². The molecule has 0 aliphatic rings. The standard InChI is InChI=1S/C21H45N2O2/c1-4-5-6-7-8-9-10-11-12-13-14-15-19-25-21(24)20-23(2,3)18-16-17-22/h4-20,22H2,1-3H3/q+1. The summed E-state index contributed by atoms with van der Waals surface area (Å²) < 4.78 is 6.03. The first-order chi connectivity index (χ1) is 12.0. The fraction of sp³-hybridized carbons (Fsp3) is 0.952. The van der Waals surface area contributed by atoms with Crippen LogP contribution in [0.1, 0.15) is 90.4 Å². The maximum atomic E-state index is 11.9. The highest BCUT2D eigenvalue weighted by molar-refractivity contribution is 5.70. The van der Waals surface area contributed by atoms with Crippen molar-refractivity contribution in [3.8, 4) is 0 Å². The van der Waals surface area contributed by atoms with Crippen LogP contribution >= 0.6 is 0 Å². The Balaban J connectivity index is 3.33. The minimum absolute atomic E-state index is 0.0786. The highest BCUT2D eigenvalue weighted by Crippen LogP contribution is 2.12. The van der Waals surface area contributed by atoms with E-state index in [1.54, 1.807) is 0 Å². The Morgan fingerprint density at radius 1 is 0.800 bits per heavy atom. The summed E-state index contributed by atoms with van der Waals surface area (Å²) in [5, 5.41) is 0. The third-order valence-corrected chi connectivity index (χ3v) is 4.79. The number of carbonyl (C=O) groups is 1. The molecule has 0 aliphatic heterocycles. The lowest BCUT2D eigenvalue weighted by Crippen LogP contribution is -2.45. The minimum atomic E-state index is -0.0786. The second kappa shape index (κ2) is 16.8. The quantitative estimate of drug-likeness (QED) is 0.221. The van der Waals surface area contributed by atoms with Gasteiger partial charge < -0.3 is 15.0 Å². The molecule has 25 heavy (non-hydrogen) atoms. The van der Waals surface area contributed by atoms with E-state index in [2.05, 4.69) is 21.0 Å². The van der Waals surface area contributed by atoms with E-state index in [9.17, 15) is 4.79 Å². The van der Waals surface area contributed by atoms with Crippen molar-refractivity contribution in [2.24, 2.45) is 5.73 Å². The Hall–Kier alpha value is -0.610. The SMILES string of the molecule is CCCCCCCCCCCCCCOC(=O)C[N+](C)(C)CCCN. The molecule has 0 amide bonds. The number of esters is 1. The highest BCUT2D eigenvalue weighted by Gasteiger charge is 2.20. The number of ether oxygens (including phenoxy) is 1. The molecule has 0 atom stereocenters. The minimum Gasteiger partial charge on any atom is -0.462 e. The predicted molar refractivity (Wildman–Crippen MR) is 108 cm³/mol. The van der Waals surface area contributed by atoms with Crippen molar-refractivity contribution in [2.75, 3.05) is 40.3 Å². The van der Waals surface area contributed by atoms with Gasteiger partial charge in [-0.3, -0.25) is 0 Å². The summed E-state index contributed by atoms with van der Waals surface area (Å²) in [7, 11) is 4.11. The lowest BCUT2D eigenvalue weighted by molar-refractivity contribution is -0.883. The first kappa shape index (κ1) is 24.4. The molecule has 0 aliphatic carbocycles. The largest absolute Gasteiger partial charge is 0.462 e. The molecule has 4 nitrogen and oxygen atoms in total. The van der Waals surface area contributed by atoms with Gasteiger partial charge in [-0.2, -0.15) is 0 Å². The van der Waals surface area contributed by atoms with Crippen LogP contribution in [-0.2, 0) is 9.53 Å². The van der Waals surface area contributed by atoms with Gasteiger partial charge in [0.15, 0.2) is 6.54 Å². The van der Waals surface area contributed by atoms with Crippen LogP contribution in [0.5, 0.6) is 0 Å². The van der Waals surface area contributed by atoms with Crippen LogP contribution in [0, 0.1) is 0 Å². The monoisotopic (exact) mass is 357 g/mol. The summed E-state index contributed by atoms with van der Waals surface area (Å²) in [5.74, 6) is -0.0786. The van der Waals surface area contributed by atoms with E-state index in [0.717, 1.165) is 19.4 Å². The molecule has 0 aromatic heterocycles. The van der Waals surface area contributed by atoms with Crippen LogP contribution in [0.15, 0.2) is 0 Å². The van der Waals surface area contributed by atoms with Crippen molar-refractivity contribution in [2.45, 2.75) is 90.4 Å². The van der Waals surface area contributed by atoms with Crippen molar-refractivity contribution in [1.82, 2.24) is 0 Å². The van der Waals surface area contributed by atoms with Gasteiger partial charge in [-0.25, -0.2) is 4.79 Å². The number of unbranched alkanes of at least 4 members (excludes halogenated alkanes) is 11. The van der Waals surface area contributed by atoms with E-state index < -0.39 is 0 Å². The smallest absolute Gasteiger partial charge is 0.361 e. The van der Waals surface area contributed by atoms with E-state index in [1.165, 1.54) is 70.6 Å². The zero-order valence-corrected chi connectivity index (χ0v) is 17.4. The van der Waals surface area contributed by atoms with Crippen LogP contribution in [-0.4, -0.2) is 50.8 Å². The molecule has 150 valence electrons. The molecule has 0 unspecified atom stereocenters. The summed E-state index contributed by atoms with van der Waals surface area (Å²) in [6.07, 6.45) is 16.8. The van der Waals surface area contributed by atoms with Gasteiger partial charge in [0.2, 0.25) is 0 Å². The van der Waals surface area contributed by atoms with Crippen LogP contribution in [0.3, 0.4) is 0 Å². The Morgan fingerprint density at radius 3 is 1.76 bits per heavy atom. The molecule has 0 aromatic carbocycles. The molecule has 0 aromatic rings. The second-order valence-corrected chi connectivity index (χ2v) is 8.07. The third kappa shape index (κ3) is 18.0. The number of hydrogen-bond donors (Lipinski definition) is 1. The molecule has 0 bridgehead atoms. The Morgan fingerprint density at radius 2 is 1.28 bits per heavy atom. The van der Waals surface area contributed by atoms with Crippen molar-refractivity contribution in [3.63, 3.8) is 0 Å². The number of nitrogens with two attached hydrogens (primary N) is 1. The molecule has 2 N–H and O–H groups in total. The maximum absolute atomic E-state index is 11.9. The average Bonchev–Trinajstić information content (AvgIpc) is 2.57. The van der Waals surface area contributed by atoms with Gasteiger partial charge in [0.05, 0.1) is 27.2 Å². The van der Waals surface area contributed by atoms with E-state index >= 15 is 0 Å². The number of quaternary nitrogens is 1.